The van der Waals surface area contributed by atoms with Gasteiger partial charge in [-0.05, 0) is 50.4 Å². The van der Waals surface area contributed by atoms with E-state index in [9.17, 15) is 0 Å². The molecule has 2 rings (SSSR count). The van der Waals surface area contributed by atoms with Crippen molar-refractivity contribution in [2.75, 3.05) is 0 Å². The molecular weight excluding hydrogens is 96.1 g/mol. The van der Waals surface area contributed by atoms with E-state index in [4.69, 9.17) is 0 Å². The Morgan fingerprint density at radius 2 is 2.38 bits per heavy atom. The highest BCUT2D eigenvalue weighted by molar-refractivity contribution is 5.12. The lowest BCUT2D eigenvalue weighted by atomic mass is 9.89. The zero-order valence-electron chi connectivity index (χ0n) is 5.11. The van der Waals surface area contributed by atoms with Crippen molar-refractivity contribution in [1.82, 2.24) is 0 Å². The lowest BCUT2D eigenvalue weighted by Gasteiger charge is -2.15. The van der Waals surface area contributed by atoms with Crippen LogP contribution in [0.1, 0.15) is 32.1 Å². The van der Waals surface area contributed by atoms with Gasteiger partial charge in [-0.15, -0.1) is 0 Å². The smallest absolute Gasteiger partial charge is 0.00998 e. The monoisotopic (exact) mass is 107 g/mol. The molecule has 2 saturated carbocycles. The highest BCUT2D eigenvalue weighted by atomic mass is 14.3. The van der Waals surface area contributed by atoms with Gasteiger partial charge < -0.3 is 0 Å². The van der Waals surface area contributed by atoms with Crippen molar-refractivity contribution in [2.24, 2.45) is 5.92 Å². The first-order chi connectivity index (χ1) is 3.95. The van der Waals surface area contributed by atoms with Gasteiger partial charge in [0.15, 0.2) is 0 Å². The minimum absolute atomic E-state index is 1.06. The number of hydrogen-bond donors (Lipinski definition) is 0. The molecule has 2 aliphatic carbocycles. The third-order valence-corrected chi connectivity index (χ3v) is 2.32. The minimum atomic E-state index is 1.06. The Balaban J connectivity index is 2.03. The van der Waals surface area contributed by atoms with Crippen molar-refractivity contribution in [3.63, 3.8) is 0 Å². The number of fused-ring (bicyclic) bond motifs is 2. The van der Waals surface area contributed by atoms with Crippen LogP contribution in [0.5, 0.6) is 0 Å². The molecule has 0 amide bonds. The fourth-order valence-corrected chi connectivity index (χ4v) is 1.79. The van der Waals surface area contributed by atoms with Gasteiger partial charge in [0.2, 0.25) is 0 Å². The molecule has 0 aliphatic heterocycles. The van der Waals surface area contributed by atoms with Crippen molar-refractivity contribution < 1.29 is 0 Å². The first kappa shape index (κ1) is 4.84. The van der Waals surface area contributed by atoms with Gasteiger partial charge in [0, 0.05) is 0 Å². The van der Waals surface area contributed by atoms with Crippen LogP contribution in [0.4, 0.5) is 0 Å². The molecule has 0 nitrogen and oxygen atoms in total. The van der Waals surface area contributed by atoms with Gasteiger partial charge in [0.1, 0.15) is 0 Å². The van der Waals surface area contributed by atoms with E-state index < -0.39 is 0 Å². The average Bonchev–Trinajstić information content (AvgIpc) is 2.12. The van der Waals surface area contributed by atoms with E-state index >= 15 is 0 Å². The molecule has 8 heavy (non-hydrogen) atoms. The summed E-state index contributed by atoms with van der Waals surface area (Å²) in [5.74, 6) is 2.69. The fourth-order valence-electron chi connectivity index (χ4n) is 1.79. The molecule has 2 aliphatic rings. The second-order valence-corrected chi connectivity index (χ2v) is 2.93. The van der Waals surface area contributed by atoms with Crippen LogP contribution in [0.25, 0.3) is 0 Å². The molecular formula is C8H11. The normalized spacial score (nSPS) is 38.2. The largest absolute Gasteiger partial charge is 0.0499 e. The first-order valence-corrected chi connectivity index (χ1v) is 3.54. The predicted octanol–water partition coefficient (Wildman–Crippen LogP) is 2.24. The summed E-state index contributed by atoms with van der Waals surface area (Å²) in [5.41, 5.74) is 0. The van der Waals surface area contributed by atoms with E-state index in [1.807, 2.05) is 0 Å². The molecule has 43 valence electrons. The van der Waals surface area contributed by atoms with E-state index in [2.05, 4.69) is 6.42 Å². The SMILES string of the molecule is [C]1CCC2CC[C]1C2. The van der Waals surface area contributed by atoms with Crippen LogP contribution in [0.2, 0.25) is 0 Å². The maximum atomic E-state index is 3.43. The van der Waals surface area contributed by atoms with Crippen molar-refractivity contribution in [3.05, 3.63) is 12.3 Å². The Labute approximate surface area is 51.3 Å². The Morgan fingerprint density at radius 1 is 1.38 bits per heavy atom. The minimum Gasteiger partial charge on any atom is -0.0499 e. The number of hydrogen-bond acceptors (Lipinski definition) is 0. The average molecular weight is 107 g/mol. The Bertz CT molecular complexity index is 72.0. The molecule has 0 aromatic heterocycles. The van der Waals surface area contributed by atoms with Gasteiger partial charge in [-0.1, -0.05) is 0 Å². The topological polar surface area (TPSA) is 0 Å². The van der Waals surface area contributed by atoms with Crippen LogP contribution in [0.15, 0.2) is 0 Å². The summed E-state index contributed by atoms with van der Waals surface area (Å²) in [6.07, 6.45) is 10.3. The van der Waals surface area contributed by atoms with Gasteiger partial charge in [0.05, 0.1) is 0 Å². The molecule has 2 bridgehead atoms. The van der Waals surface area contributed by atoms with Crippen LogP contribution in [0.3, 0.4) is 0 Å². The highest BCUT2D eigenvalue weighted by Crippen LogP contribution is 2.42. The summed E-state index contributed by atoms with van der Waals surface area (Å²) >= 11 is 0. The molecule has 1 atom stereocenters. The number of rotatable bonds is 0. The fraction of sp³-hybridized carbons (Fsp3) is 0.750. The third-order valence-electron chi connectivity index (χ3n) is 2.32. The van der Waals surface area contributed by atoms with Gasteiger partial charge >= 0.3 is 0 Å². The van der Waals surface area contributed by atoms with Crippen molar-refractivity contribution in [1.29, 1.82) is 0 Å². The van der Waals surface area contributed by atoms with Gasteiger partial charge in [-0.25, -0.2) is 0 Å². The third kappa shape index (κ3) is 0.667. The summed E-state index contributed by atoms with van der Waals surface area (Å²) in [4.78, 5) is 0. The zero-order chi connectivity index (χ0) is 5.40. The van der Waals surface area contributed by atoms with Crippen LogP contribution in [-0.2, 0) is 0 Å². The predicted molar refractivity (Wildman–Crippen MR) is 33.1 cm³/mol. The highest BCUT2D eigenvalue weighted by Gasteiger charge is 2.28. The molecule has 0 heterocycles. The standard InChI is InChI=1S/C8H11/c1-2-7-4-5-8(3-1)6-7/h7H,1-2,4-6H2. The lowest BCUT2D eigenvalue weighted by molar-refractivity contribution is 0.484. The van der Waals surface area contributed by atoms with E-state index in [-0.39, 0.29) is 0 Å². The molecule has 0 aromatic carbocycles. The van der Waals surface area contributed by atoms with Gasteiger partial charge in [-0.3, -0.25) is 0 Å². The van der Waals surface area contributed by atoms with E-state index in [0.717, 1.165) is 5.92 Å². The van der Waals surface area contributed by atoms with Crippen LogP contribution >= 0.6 is 0 Å². The van der Waals surface area contributed by atoms with Gasteiger partial charge in [0.25, 0.3) is 0 Å². The summed E-state index contributed by atoms with van der Waals surface area (Å²) in [6.45, 7) is 0. The van der Waals surface area contributed by atoms with Crippen LogP contribution < -0.4 is 0 Å². The second-order valence-electron chi connectivity index (χ2n) is 2.93. The molecule has 0 spiro atoms. The zero-order valence-corrected chi connectivity index (χ0v) is 5.11. The molecule has 2 fully saturated rings. The van der Waals surface area contributed by atoms with Crippen molar-refractivity contribution in [2.45, 2.75) is 32.1 Å². The Morgan fingerprint density at radius 3 is 3.12 bits per heavy atom. The van der Waals surface area contributed by atoms with Crippen LogP contribution in [0, 0.1) is 18.3 Å². The Kier molecular flexibility index (Phi) is 1.06. The lowest BCUT2D eigenvalue weighted by Crippen LogP contribution is -2.02. The van der Waals surface area contributed by atoms with Crippen molar-refractivity contribution in [3.8, 4) is 0 Å². The van der Waals surface area contributed by atoms with Crippen molar-refractivity contribution >= 4 is 0 Å². The summed E-state index contributed by atoms with van der Waals surface area (Å²) < 4.78 is 0. The Hall–Kier alpha value is 0. The molecule has 0 saturated heterocycles. The molecule has 0 N–H and O–H groups in total. The maximum absolute atomic E-state index is 3.43. The summed E-state index contributed by atoms with van der Waals surface area (Å²) in [5, 5.41) is 0. The molecule has 3 radical (unpaired) electrons. The van der Waals surface area contributed by atoms with E-state index in [1.165, 1.54) is 32.1 Å². The first-order valence-electron chi connectivity index (χ1n) is 3.54. The van der Waals surface area contributed by atoms with E-state index in [0.29, 0.717) is 0 Å². The molecule has 1 unspecified atom stereocenters. The molecule has 0 aromatic rings. The van der Waals surface area contributed by atoms with Crippen LogP contribution in [-0.4, -0.2) is 0 Å². The summed E-state index contributed by atoms with van der Waals surface area (Å²) in [7, 11) is 0. The second kappa shape index (κ2) is 1.75. The summed E-state index contributed by atoms with van der Waals surface area (Å²) in [6, 6.07) is 0. The van der Waals surface area contributed by atoms with Gasteiger partial charge in [-0.2, -0.15) is 0 Å². The molecule has 0 heteroatoms. The quantitative estimate of drug-likeness (QED) is 0.445. The van der Waals surface area contributed by atoms with E-state index in [1.54, 1.807) is 5.92 Å². The maximum Gasteiger partial charge on any atom is -0.00998 e.